The van der Waals surface area contributed by atoms with Crippen LogP contribution in [0.1, 0.15) is 26.3 Å². The van der Waals surface area contributed by atoms with Crippen molar-refractivity contribution in [2.45, 2.75) is 11.9 Å². The molecule has 0 fully saturated rings. The molecule has 2 rings (SSSR count). The third kappa shape index (κ3) is 4.14. The Morgan fingerprint density at radius 3 is 2.71 bits per heavy atom. The fourth-order valence-electron chi connectivity index (χ4n) is 2.04. The van der Waals surface area contributed by atoms with Gasteiger partial charge in [-0.3, -0.25) is 9.59 Å². The highest BCUT2D eigenvalue weighted by atomic mass is 32.2. The molecule has 0 atom stereocenters. The van der Waals surface area contributed by atoms with E-state index in [1.807, 2.05) is 25.1 Å². The van der Waals surface area contributed by atoms with Crippen molar-refractivity contribution in [2.24, 2.45) is 5.73 Å². The average Bonchev–Trinajstić information content (AvgIpc) is 2.52. The van der Waals surface area contributed by atoms with Crippen molar-refractivity contribution in [2.75, 3.05) is 16.8 Å². The molecule has 0 aliphatic rings. The molecule has 1 heterocycles. The number of thioether (sulfide) groups is 1. The number of hydrogen-bond donors (Lipinski definition) is 3. The zero-order valence-corrected chi connectivity index (χ0v) is 14.0. The molecule has 0 aliphatic heterocycles. The first kappa shape index (κ1) is 17.6. The maximum atomic E-state index is 12.4. The van der Waals surface area contributed by atoms with E-state index < -0.39 is 11.8 Å². The van der Waals surface area contributed by atoms with Gasteiger partial charge in [0, 0.05) is 11.4 Å². The van der Waals surface area contributed by atoms with Gasteiger partial charge in [-0.1, -0.05) is 18.2 Å². The topological polar surface area (TPSA) is 111 Å². The molecule has 24 heavy (non-hydrogen) atoms. The second-order valence-corrected chi connectivity index (χ2v) is 6.07. The highest BCUT2D eigenvalue weighted by molar-refractivity contribution is 7.99. The first-order valence-corrected chi connectivity index (χ1v) is 8.13. The van der Waals surface area contributed by atoms with E-state index in [-0.39, 0.29) is 16.9 Å². The van der Waals surface area contributed by atoms with Crippen molar-refractivity contribution in [1.29, 1.82) is 0 Å². The van der Waals surface area contributed by atoms with Gasteiger partial charge in [0.2, 0.25) is 0 Å². The molecular formula is C17H18N4O2S. The molecular weight excluding hydrogens is 324 g/mol. The highest BCUT2D eigenvalue weighted by Crippen LogP contribution is 2.25. The monoisotopic (exact) mass is 342 g/mol. The summed E-state index contributed by atoms with van der Waals surface area (Å²) < 4.78 is 0. The average molecular weight is 342 g/mol. The minimum Gasteiger partial charge on any atom is -0.383 e. The van der Waals surface area contributed by atoms with Crippen LogP contribution in [-0.2, 0) is 0 Å². The van der Waals surface area contributed by atoms with Gasteiger partial charge in [0.25, 0.3) is 11.8 Å². The van der Waals surface area contributed by atoms with E-state index in [4.69, 9.17) is 11.5 Å². The summed E-state index contributed by atoms with van der Waals surface area (Å²) in [6.45, 7) is 5.53. The Balaban J connectivity index is 2.35. The molecule has 0 saturated carbocycles. The summed E-state index contributed by atoms with van der Waals surface area (Å²) in [5.41, 5.74) is 13.2. The molecule has 0 spiro atoms. The van der Waals surface area contributed by atoms with Crippen molar-refractivity contribution in [3.63, 3.8) is 0 Å². The van der Waals surface area contributed by atoms with Crippen molar-refractivity contribution in [3.05, 3.63) is 59.7 Å². The zero-order chi connectivity index (χ0) is 17.7. The molecule has 0 bridgehead atoms. The number of rotatable bonds is 6. The summed E-state index contributed by atoms with van der Waals surface area (Å²) in [7, 11) is 0. The quantitative estimate of drug-likeness (QED) is 0.552. The van der Waals surface area contributed by atoms with E-state index in [1.54, 1.807) is 12.1 Å². The Hall–Kier alpha value is -2.80. The summed E-state index contributed by atoms with van der Waals surface area (Å²) >= 11 is 1.27. The molecule has 1 aromatic heterocycles. The largest absolute Gasteiger partial charge is 0.383 e. The predicted octanol–water partition coefficient (Wildman–Crippen LogP) is 2.60. The first-order valence-electron chi connectivity index (χ1n) is 7.14. The number of nitrogens with zero attached hydrogens (tertiary/aromatic N) is 1. The molecule has 124 valence electrons. The van der Waals surface area contributed by atoms with Gasteiger partial charge in [-0.15, -0.1) is 18.3 Å². The van der Waals surface area contributed by atoms with E-state index in [2.05, 4.69) is 16.9 Å². The van der Waals surface area contributed by atoms with Crippen LogP contribution in [0.2, 0.25) is 0 Å². The summed E-state index contributed by atoms with van der Waals surface area (Å²) in [5, 5.41) is 3.12. The van der Waals surface area contributed by atoms with Gasteiger partial charge in [0.15, 0.2) is 0 Å². The number of hydrogen-bond acceptors (Lipinski definition) is 5. The molecule has 5 N–H and O–H groups in total. The number of aromatic nitrogens is 1. The normalized spacial score (nSPS) is 10.2. The number of primary amides is 1. The molecule has 0 aliphatic carbocycles. The number of carbonyl (C=O) groups is 2. The van der Waals surface area contributed by atoms with E-state index >= 15 is 0 Å². The molecule has 1 aromatic carbocycles. The summed E-state index contributed by atoms with van der Waals surface area (Å²) in [5.74, 6) is -0.537. The Kier molecular flexibility index (Phi) is 5.59. The van der Waals surface area contributed by atoms with Crippen LogP contribution in [0.15, 0.2) is 48.0 Å². The third-order valence-electron chi connectivity index (χ3n) is 3.14. The van der Waals surface area contributed by atoms with Gasteiger partial charge in [0.1, 0.15) is 10.8 Å². The van der Waals surface area contributed by atoms with Crippen molar-refractivity contribution < 1.29 is 9.59 Å². The number of amides is 2. The van der Waals surface area contributed by atoms with Crippen LogP contribution >= 0.6 is 11.8 Å². The fourth-order valence-corrected chi connectivity index (χ4v) is 2.79. The van der Waals surface area contributed by atoms with E-state index in [0.29, 0.717) is 16.5 Å². The molecule has 0 unspecified atom stereocenters. The maximum absolute atomic E-state index is 12.4. The van der Waals surface area contributed by atoms with Crippen molar-refractivity contribution >= 4 is 35.1 Å². The Morgan fingerprint density at radius 2 is 2.08 bits per heavy atom. The molecule has 2 aromatic rings. The minimum absolute atomic E-state index is 0.0386. The number of carbonyl (C=O) groups excluding carboxylic acids is 2. The number of nitrogens with two attached hydrogens (primary N) is 2. The van der Waals surface area contributed by atoms with E-state index in [9.17, 15) is 9.59 Å². The summed E-state index contributed by atoms with van der Waals surface area (Å²) in [6.07, 6.45) is 1.67. The van der Waals surface area contributed by atoms with Gasteiger partial charge in [-0.25, -0.2) is 4.98 Å². The van der Waals surface area contributed by atoms with Gasteiger partial charge in [0.05, 0.1) is 11.1 Å². The van der Waals surface area contributed by atoms with Gasteiger partial charge >= 0.3 is 0 Å². The van der Waals surface area contributed by atoms with Gasteiger partial charge in [-0.2, -0.15) is 0 Å². The van der Waals surface area contributed by atoms with Crippen LogP contribution in [0.4, 0.5) is 11.5 Å². The number of anilines is 2. The van der Waals surface area contributed by atoms with Crippen LogP contribution in [0.5, 0.6) is 0 Å². The Morgan fingerprint density at radius 1 is 1.33 bits per heavy atom. The lowest BCUT2D eigenvalue weighted by Gasteiger charge is -2.11. The second-order valence-electron chi connectivity index (χ2n) is 5.06. The maximum Gasteiger partial charge on any atom is 0.259 e. The number of pyridine rings is 1. The lowest BCUT2D eigenvalue weighted by Crippen LogP contribution is -2.19. The number of nitrogens with one attached hydrogen (secondary N) is 1. The van der Waals surface area contributed by atoms with Crippen LogP contribution < -0.4 is 16.8 Å². The van der Waals surface area contributed by atoms with Crippen LogP contribution in [0.3, 0.4) is 0 Å². The van der Waals surface area contributed by atoms with Gasteiger partial charge < -0.3 is 16.8 Å². The molecule has 2 amide bonds. The lowest BCUT2D eigenvalue weighted by molar-refractivity contribution is 0.0997. The third-order valence-corrected chi connectivity index (χ3v) is 4.13. The number of aryl methyl sites for hydroxylation is 1. The van der Waals surface area contributed by atoms with Crippen LogP contribution in [-0.4, -0.2) is 22.6 Å². The second kappa shape index (κ2) is 7.65. The molecule has 7 heteroatoms. The standard InChI is InChI=1S/C17H18N4O2S/c1-3-7-24-17-13(15(19)22)9-12(14(18)21-17)16(23)20-11-6-4-5-10(2)8-11/h3-6,8-9H,1,7H2,2H3,(H2,18,21)(H2,19,22)(H,20,23). The first-order chi connectivity index (χ1) is 11.4. The fraction of sp³-hybridized carbons (Fsp3) is 0.118. The number of nitrogen functional groups attached to an aromatic ring is 1. The van der Waals surface area contributed by atoms with E-state index in [1.165, 1.54) is 17.8 Å². The van der Waals surface area contributed by atoms with E-state index in [0.717, 1.165) is 5.56 Å². The van der Waals surface area contributed by atoms with Crippen molar-refractivity contribution in [1.82, 2.24) is 4.98 Å². The van der Waals surface area contributed by atoms with Crippen LogP contribution in [0, 0.1) is 6.92 Å². The highest BCUT2D eigenvalue weighted by Gasteiger charge is 2.18. The smallest absolute Gasteiger partial charge is 0.259 e. The summed E-state index contributed by atoms with van der Waals surface area (Å²) in [6, 6.07) is 8.71. The predicted molar refractivity (Wildman–Crippen MR) is 97.2 cm³/mol. The summed E-state index contributed by atoms with van der Waals surface area (Å²) in [4.78, 5) is 28.2. The Bertz CT molecular complexity index is 805. The van der Waals surface area contributed by atoms with Crippen molar-refractivity contribution in [3.8, 4) is 0 Å². The molecule has 0 radical (unpaired) electrons. The number of benzene rings is 1. The SMILES string of the molecule is C=CCSc1nc(N)c(C(=O)Nc2cccc(C)c2)cc1C(N)=O. The minimum atomic E-state index is -0.668. The molecule has 6 nitrogen and oxygen atoms in total. The zero-order valence-electron chi connectivity index (χ0n) is 13.2. The molecule has 0 saturated heterocycles. The Labute approximate surface area is 144 Å². The van der Waals surface area contributed by atoms with Crippen LogP contribution in [0.25, 0.3) is 0 Å². The van der Waals surface area contributed by atoms with Gasteiger partial charge in [-0.05, 0) is 30.7 Å². The lowest BCUT2D eigenvalue weighted by atomic mass is 10.1.